The maximum Gasteiger partial charge on any atom is 0.278 e. The Balaban J connectivity index is 1.61. The number of rotatable bonds is 6. The topological polar surface area (TPSA) is 49.4 Å². The molecule has 0 saturated carbocycles. The number of nitrogens with one attached hydrogen (secondary N) is 1. The van der Waals surface area contributed by atoms with Crippen molar-refractivity contribution in [1.82, 2.24) is 4.90 Å². The number of amides is 2. The summed E-state index contributed by atoms with van der Waals surface area (Å²) in [4.78, 5) is 28.7. The fourth-order valence-electron chi connectivity index (χ4n) is 3.63. The number of carbonyl (C=O) groups is 2. The van der Waals surface area contributed by atoms with E-state index in [1.807, 2.05) is 60.0 Å². The molecule has 158 valence electrons. The molecule has 0 fully saturated rings. The van der Waals surface area contributed by atoms with Gasteiger partial charge in [-0.3, -0.25) is 14.5 Å². The summed E-state index contributed by atoms with van der Waals surface area (Å²) in [6, 6.07) is 21.7. The lowest BCUT2D eigenvalue weighted by Crippen LogP contribution is -2.34. The lowest BCUT2D eigenvalue weighted by atomic mass is 9.87. The van der Waals surface area contributed by atoms with Crippen LogP contribution in [0.3, 0.4) is 0 Å². The second-order valence-electron chi connectivity index (χ2n) is 8.68. The van der Waals surface area contributed by atoms with Crippen molar-refractivity contribution < 1.29 is 9.59 Å². The van der Waals surface area contributed by atoms with Crippen LogP contribution in [0.1, 0.15) is 36.8 Å². The SMILES string of the molecule is CC(C)(C)c1ccc(NC2=C(c3cccs3)C(=O)N(CCc3ccccc3)C2=O)cc1. The van der Waals surface area contributed by atoms with Crippen LogP contribution in [0, 0.1) is 0 Å². The van der Waals surface area contributed by atoms with Gasteiger partial charge in [0.1, 0.15) is 5.70 Å². The molecule has 0 aliphatic carbocycles. The molecule has 1 aliphatic heterocycles. The number of carbonyl (C=O) groups excluding carboxylic acids is 2. The first kappa shape index (κ1) is 21.1. The highest BCUT2D eigenvalue weighted by molar-refractivity contribution is 7.11. The zero-order valence-corrected chi connectivity index (χ0v) is 18.8. The molecular weight excluding hydrogens is 404 g/mol. The Hall–Kier alpha value is -3.18. The highest BCUT2D eigenvalue weighted by atomic mass is 32.1. The number of hydrogen-bond donors (Lipinski definition) is 1. The van der Waals surface area contributed by atoms with Crippen molar-refractivity contribution in [3.05, 3.63) is 93.8 Å². The summed E-state index contributed by atoms with van der Waals surface area (Å²) in [6.45, 7) is 6.84. The van der Waals surface area contributed by atoms with E-state index in [1.165, 1.54) is 21.8 Å². The number of hydrogen-bond acceptors (Lipinski definition) is 4. The minimum absolute atomic E-state index is 0.0489. The van der Waals surface area contributed by atoms with Crippen molar-refractivity contribution >= 4 is 34.4 Å². The average molecular weight is 431 g/mol. The van der Waals surface area contributed by atoms with Gasteiger partial charge >= 0.3 is 0 Å². The Morgan fingerprint density at radius 1 is 0.871 bits per heavy atom. The van der Waals surface area contributed by atoms with Crippen LogP contribution in [0.4, 0.5) is 5.69 Å². The van der Waals surface area contributed by atoms with Crippen LogP contribution >= 0.6 is 11.3 Å². The quantitative estimate of drug-likeness (QED) is 0.527. The number of benzene rings is 2. The van der Waals surface area contributed by atoms with Gasteiger partial charge in [-0.05, 0) is 46.5 Å². The number of imide groups is 1. The van der Waals surface area contributed by atoms with Gasteiger partial charge in [-0.25, -0.2) is 0 Å². The molecule has 1 aliphatic rings. The Kier molecular flexibility index (Phi) is 5.79. The number of anilines is 1. The van der Waals surface area contributed by atoms with Crippen molar-refractivity contribution in [3.8, 4) is 0 Å². The summed E-state index contributed by atoms with van der Waals surface area (Å²) in [7, 11) is 0. The molecule has 4 nitrogen and oxygen atoms in total. The van der Waals surface area contributed by atoms with Crippen molar-refractivity contribution in [3.63, 3.8) is 0 Å². The van der Waals surface area contributed by atoms with Crippen LogP contribution < -0.4 is 5.32 Å². The van der Waals surface area contributed by atoms with E-state index in [0.29, 0.717) is 24.2 Å². The largest absolute Gasteiger partial charge is 0.350 e. The Morgan fingerprint density at radius 3 is 2.19 bits per heavy atom. The minimum atomic E-state index is -0.274. The van der Waals surface area contributed by atoms with Crippen LogP contribution in [0.25, 0.3) is 5.57 Å². The summed E-state index contributed by atoms with van der Waals surface area (Å²) in [5, 5.41) is 5.16. The molecule has 1 aromatic heterocycles. The van der Waals surface area contributed by atoms with Crippen LogP contribution in [0.2, 0.25) is 0 Å². The molecule has 31 heavy (non-hydrogen) atoms. The summed E-state index contributed by atoms with van der Waals surface area (Å²) >= 11 is 1.47. The van der Waals surface area contributed by atoms with Crippen LogP contribution in [-0.2, 0) is 21.4 Å². The molecule has 3 aromatic rings. The van der Waals surface area contributed by atoms with Gasteiger partial charge in [-0.15, -0.1) is 11.3 Å². The van der Waals surface area contributed by atoms with Crippen LogP contribution in [-0.4, -0.2) is 23.3 Å². The minimum Gasteiger partial charge on any atom is -0.350 e. The van der Waals surface area contributed by atoms with Gasteiger partial charge < -0.3 is 5.32 Å². The molecule has 0 unspecified atom stereocenters. The second-order valence-corrected chi connectivity index (χ2v) is 9.62. The van der Waals surface area contributed by atoms with E-state index in [1.54, 1.807) is 0 Å². The first-order valence-corrected chi connectivity index (χ1v) is 11.3. The van der Waals surface area contributed by atoms with Gasteiger partial charge in [0.25, 0.3) is 11.8 Å². The molecule has 5 heteroatoms. The molecule has 2 heterocycles. The Morgan fingerprint density at radius 2 is 1.58 bits per heavy atom. The van der Waals surface area contributed by atoms with Crippen molar-refractivity contribution in [2.75, 3.05) is 11.9 Å². The molecular formula is C26H26N2O2S. The van der Waals surface area contributed by atoms with Crippen molar-refractivity contribution in [1.29, 1.82) is 0 Å². The number of thiophene rings is 1. The first-order chi connectivity index (χ1) is 14.8. The molecule has 2 amide bonds. The van der Waals surface area contributed by atoms with E-state index in [4.69, 9.17) is 0 Å². The molecule has 0 bridgehead atoms. The van der Waals surface area contributed by atoms with Crippen molar-refractivity contribution in [2.24, 2.45) is 0 Å². The summed E-state index contributed by atoms with van der Waals surface area (Å²) in [6.07, 6.45) is 0.629. The zero-order chi connectivity index (χ0) is 22.0. The highest BCUT2D eigenvalue weighted by Crippen LogP contribution is 2.33. The summed E-state index contributed by atoms with van der Waals surface area (Å²) in [5.41, 5.74) is 3.96. The lowest BCUT2D eigenvalue weighted by molar-refractivity contribution is -0.136. The lowest BCUT2D eigenvalue weighted by Gasteiger charge is -2.19. The fraction of sp³-hybridized carbons (Fsp3) is 0.231. The van der Waals surface area contributed by atoms with E-state index < -0.39 is 0 Å². The molecule has 2 aromatic carbocycles. The average Bonchev–Trinajstić information content (AvgIpc) is 3.35. The third-order valence-corrected chi connectivity index (χ3v) is 6.31. The van der Waals surface area contributed by atoms with E-state index in [9.17, 15) is 9.59 Å². The standard InChI is InChI=1S/C26H26N2O2S/c1-26(2,3)19-11-13-20(14-12-19)27-23-22(21-10-7-17-31-21)24(29)28(25(23)30)16-15-18-8-5-4-6-9-18/h4-14,17,27H,15-16H2,1-3H3. The van der Waals surface area contributed by atoms with Gasteiger partial charge in [-0.2, -0.15) is 0 Å². The third-order valence-electron chi connectivity index (χ3n) is 5.42. The van der Waals surface area contributed by atoms with E-state index in [0.717, 1.165) is 16.1 Å². The Labute approximate surface area is 187 Å². The molecule has 4 rings (SSSR count). The molecule has 1 N–H and O–H groups in total. The van der Waals surface area contributed by atoms with Crippen LogP contribution in [0.15, 0.2) is 77.8 Å². The van der Waals surface area contributed by atoms with E-state index in [2.05, 4.69) is 38.2 Å². The smallest absolute Gasteiger partial charge is 0.278 e. The monoisotopic (exact) mass is 430 g/mol. The maximum atomic E-state index is 13.3. The van der Waals surface area contributed by atoms with Gasteiger partial charge in [0.05, 0.1) is 5.57 Å². The first-order valence-electron chi connectivity index (χ1n) is 10.4. The number of nitrogens with zero attached hydrogens (tertiary/aromatic N) is 1. The summed E-state index contributed by atoms with van der Waals surface area (Å²) in [5.74, 6) is -0.513. The fourth-order valence-corrected chi connectivity index (χ4v) is 4.40. The molecule has 0 radical (unpaired) electrons. The maximum absolute atomic E-state index is 13.3. The van der Waals surface area contributed by atoms with E-state index >= 15 is 0 Å². The normalized spacial score (nSPS) is 14.5. The molecule has 0 saturated heterocycles. The van der Waals surface area contributed by atoms with Gasteiger partial charge in [0, 0.05) is 17.1 Å². The van der Waals surface area contributed by atoms with Gasteiger partial charge in [-0.1, -0.05) is 69.3 Å². The third kappa shape index (κ3) is 4.47. The van der Waals surface area contributed by atoms with Crippen molar-refractivity contribution in [2.45, 2.75) is 32.6 Å². The van der Waals surface area contributed by atoms with E-state index in [-0.39, 0.29) is 17.2 Å². The summed E-state index contributed by atoms with van der Waals surface area (Å²) < 4.78 is 0. The highest BCUT2D eigenvalue weighted by Gasteiger charge is 2.39. The second kappa shape index (κ2) is 8.52. The molecule has 0 spiro atoms. The molecule has 0 atom stereocenters. The van der Waals surface area contributed by atoms with Crippen LogP contribution in [0.5, 0.6) is 0 Å². The zero-order valence-electron chi connectivity index (χ0n) is 18.0. The van der Waals surface area contributed by atoms with Gasteiger partial charge in [0.2, 0.25) is 0 Å². The predicted molar refractivity (Wildman–Crippen MR) is 127 cm³/mol. The Bertz CT molecular complexity index is 1110. The predicted octanol–water partition coefficient (Wildman–Crippen LogP) is 5.48. The van der Waals surface area contributed by atoms with Gasteiger partial charge in [0.15, 0.2) is 0 Å².